The Kier molecular flexibility index (Phi) is 4.37. The minimum Gasteiger partial charge on any atom is -0.497 e. The van der Waals surface area contributed by atoms with Crippen molar-refractivity contribution in [1.82, 2.24) is 5.43 Å². The lowest BCUT2D eigenvalue weighted by Crippen LogP contribution is -2.20. The zero-order valence-electron chi connectivity index (χ0n) is 12.7. The Balaban J connectivity index is 1.55. The monoisotopic (exact) mass is 312 g/mol. The van der Waals surface area contributed by atoms with Gasteiger partial charge in [0.05, 0.1) is 13.3 Å². The van der Waals surface area contributed by atoms with E-state index in [4.69, 9.17) is 4.74 Å². The van der Waals surface area contributed by atoms with E-state index in [1.54, 1.807) is 19.4 Å². The van der Waals surface area contributed by atoms with Crippen LogP contribution < -0.4 is 10.2 Å². The number of nitrogens with zero attached hydrogens (tertiary/aromatic N) is 1. The summed E-state index contributed by atoms with van der Waals surface area (Å²) in [6.07, 6.45) is 2.30. The van der Waals surface area contributed by atoms with Crippen LogP contribution in [-0.2, 0) is 4.79 Å². The number of nitrogens with one attached hydrogen (secondary N) is 1. The van der Waals surface area contributed by atoms with Crippen LogP contribution in [0.5, 0.6) is 5.75 Å². The molecule has 2 aromatic carbocycles. The highest BCUT2D eigenvalue weighted by Gasteiger charge is 2.44. The van der Waals surface area contributed by atoms with Gasteiger partial charge in [0.2, 0.25) is 5.91 Å². The first-order chi connectivity index (χ1) is 11.2. The first-order valence-electron chi connectivity index (χ1n) is 7.40. The molecule has 23 heavy (non-hydrogen) atoms. The van der Waals surface area contributed by atoms with E-state index in [2.05, 4.69) is 10.5 Å². The summed E-state index contributed by atoms with van der Waals surface area (Å²) in [6, 6.07) is 13.8. The van der Waals surface area contributed by atoms with Crippen molar-refractivity contribution in [2.45, 2.75) is 12.3 Å². The van der Waals surface area contributed by atoms with Crippen molar-refractivity contribution in [3.8, 4) is 5.75 Å². The summed E-state index contributed by atoms with van der Waals surface area (Å²) in [5.74, 6) is 0.258. The Morgan fingerprint density at radius 2 is 2.13 bits per heavy atom. The molecule has 5 heteroatoms. The van der Waals surface area contributed by atoms with Gasteiger partial charge >= 0.3 is 0 Å². The van der Waals surface area contributed by atoms with Gasteiger partial charge in [-0.25, -0.2) is 9.82 Å². The molecule has 4 nitrogen and oxygen atoms in total. The van der Waals surface area contributed by atoms with Gasteiger partial charge in [-0.2, -0.15) is 5.10 Å². The van der Waals surface area contributed by atoms with Gasteiger partial charge in [0, 0.05) is 5.92 Å². The third-order valence-electron chi connectivity index (χ3n) is 3.89. The molecule has 118 valence electrons. The molecule has 0 spiro atoms. The number of halogens is 1. The van der Waals surface area contributed by atoms with Crippen LogP contribution >= 0.6 is 0 Å². The molecule has 0 saturated heterocycles. The van der Waals surface area contributed by atoms with E-state index in [0.717, 1.165) is 23.3 Å². The molecular formula is C18H17FN2O2. The molecule has 2 atom stereocenters. The van der Waals surface area contributed by atoms with Crippen LogP contribution in [0.1, 0.15) is 23.5 Å². The van der Waals surface area contributed by atoms with Crippen molar-refractivity contribution in [3.05, 3.63) is 65.5 Å². The van der Waals surface area contributed by atoms with E-state index in [0.29, 0.717) is 0 Å². The first-order valence-corrected chi connectivity index (χ1v) is 7.40. The molecule has 3 rings (SSSR count). The lowest BCUT2D eigenvalue weighted by atomic mass is 10.1. The highest BCUT2D eigenvalue weighted by Crippen LogP contribution is 2.47. The average Bonchev–Trinajstić information content (AvgIpc) is 3.36. The second kappa shape index (κ2) is 6.60. The van der Waals surface area contributed by atoms with Crippen LogP contribution in [0.25, 0.3) is 0 Å². The van der Waals surface area contributed by atoms with E-state index in [-0.39, 0.29) is 23.6 Å². The Morgan fingerprint density at radius 1 is 1.30 bits per heavy atom. The highest BCUT2D eigenvalue weighted by atomic mass is 19.1. The molecule has 0 aromatic heterocycles. The fourth-order valence-electron chi connectivity index (χ4n) is 2.57. The average molecular weight is 312 g/mol. The fraction of sp³-hybridized carbons (Fsp3) is 0.222. The van der Waals surface area contributed by atoms with Gasteiger partial charge in [0.15, 0.2) is 0 Å². The topological polar surface area (TPSA) is 50.7 Å². The molecule has 0 aliphatic heterocycles. The number of benzene rings is 2. The molecule has 1 fully saturated rings. The fourth-order valence-corrected chi connectivity index (χ4v) is 2.57. The Hall–Kier alpha value is -2.69. The number of hydrogen-bond acceptors (Lipinski definition) is 3. The minimum absolute atomic E-state index is 0.0812. The van der Waals surface area contributed by atoms with Crippen molar-refractivity contribution >= 4 is 12.1 Å². The van der Waals surface area contributed by atoms with Crippen molar-refractivity contribution in [1.29, 1.82) is 0 Å². The molecule has 1 aliphatic carbocycles. The van der Waals surface area contributed by atoms with Gasteiger partial charge in [-0.3, -0.25) is 4.79 Å². The second-order valence-corrected chi connectivity index (χ2v) is 5.51. The van der Waals surface area contributed by atoms with Crippen LogP contribution in [0.2, 0.25) is 0 Å². The number of hydrogen-bond donors (Lipinski definition) is 1. The summed E-state index contributed by atoms with van der Waals surface area (Å²) < 4.78 is 18.3. The van der Waals surface area contributed by atoms with E-state index in [1.165, 1.54) is 12.1 Å². The number of amides is 1. The molecular weight excluding hydrogens is 295 g/mol. The maximum Gasteiger partial charge on any atom is 0.243 e. The maximum absolute atomic E-state index is 13.2. The summed E-state index contributed by atoms with van der Waals surface area (Å²) in [6.45, 7) is 0. The zero-order valence-corrected chi connectivity index (χ0v) is 12.7. The maximum atomic E-state index is 13.2. The smallest absolute Gasteiger partial charge is 0.243 e. The SMILES string of the molecule is COc1cccc(C=NNC(=O)C2CC2c2cccc(F)c2)c1. The van der Waals surface area contributed by atoms with Crippen LogP contribution in [0, 0.1) is 11.7 Å². The van der Waals surface area contributed by atoms with Gasteiger partial charge in [-0.05, 0) is 47.7 Å². The number of carbonyl (C=O) groups is 1. The summed E-state index contributed by atoms with van der Waals surface area (Å²) in [5.41, 5.74) is 4.24. The first kappa shape index (κ1) is 15.2. The van der Waals surface area contributed by atoms with Crippen molar-refractivity contribution in [2.75, 3.05) is 7.11 Å². The van der Waals surface area contributed by atoms with E-state index < -0.39 is 0 Å². The normalized spacial score (nSPS) is 19.6. The molecule has 0 radical (unpaired) electrons. The second-order valence-electron chi connectivity index (χ2n) is 5.51. The highest BCUT2D eigenvalue weighted by molar-refractivity contribution is 5.85. The van der Waals surface area contributed by atoms with Crippen LogP contribution in [0.4, 0.5) is 4.39 Å². The molecule has 2 aromatic rings. The Labute approximate surface area is 134 Å². The molecule has 1 N–H and O–H groups in total. The quantitative estimate of drug-likeness (QED) is 0.681. The molecule has 0 heterocycles. The van der Waals surface area contributed by atoms with E-state index in [1.807, 2.05) is 30.3 Å². The molecule has 1 aliphatic rings. The standard InChI is InChI=1S/C18H17FN2O2/c1-23-15-7-2-4-12(8-15)11-20-21-18(22)17-10-16(17)13-5-3-6-14(19)9-13/h2-9,11,16-17H,10H2,1H3,(H,21,22). The van der Waals surface area contributed by atoms with Crippen molar-refractivity contribution < 1.29 is 13.9 Å². The van der Waals surface area contributed by atoms with Gasteiger partial charge in [0.1, 0.15) is 11.6 Å². The predicted molar refractivity (Wildman–Crippen MR) is 86.0 cm³/mol. The summed E-state index contributed by atoms with van der Waals surface area (Å²) in [5, 5.41) is 3.97. The summed E-state index contributed by atoms with van der Waals surface area (Å²) in [7, 11) is 1.59. The van der Waals surface area contributed by atoms with Gasteiger partial charge in [0.25, 0.3) is 0 Å². The Bertz CT molecular complexity index is 745. The third-order valence-corrected chi connectivity index (χ3v) is 3.89. The number of rotatable bonds is 5. The third kappa shape index (κ3) is 3.74. The molecule has 0 bridgehead atoms. The van der Waals surface area contributed by atoms with E-state index >= 15 is 0 Å². The van der Waals surface area contributed by atoms with Crippen molar-refractivity contribution in [3.63, 3.8) is 0 Å². The minimum atomic E-state index is -0.274. The van der Waals surface area contributed by atoms with Crippen LogP contribution in [0.3, 0.4) is 0 Å². The Morgan fingerprint density at radius 3 is 2.91 bits per heavy atom. The summed E-state index contributed by atoms with van der Waals surface area (Å²) in [4.78, 5) is 12.0. The molecule has 1 amide bonds. The van der Waals surface area contributed by atoms with Gasteiger partial charge < -0.3 is 4.74 Å². The number of ether oxygens (including phenoxy) is 1. The predicted octanol–water partition coefficient (Wildman–Crippen LogP) is 3.09. The lowest BCUT2D eigenvalue weighted by Gasteiger charge is -2.01. The molecule has 1 saturated carbocycles. The van der Waals surface area contributed by atoms with Gasteiger partial charge in [-0.15, -0.1) is 0 Å². The van der Waals surface area contributed by atoms with Crippen LogP contribution in [0.15, 0.2) is 53.6 Å². The van der Waals surface area contributed by atoms with E-state index in [9.17, 15) is 9.18 Å². The molecule has 2 unspecified atom stereocenters. The van der Waals surface area contributed by atoms with Gasteiger partial charge in [-0.1, -0.05) is 24.3 Å². The zero-order chi connectivity index (χ0) is 16.2. The largest absolute Gasteiger partial charge is 0.497 e. The van der Waals surface area contributed by atoms with Crippen LogP contribution in [-0.4, -0.2) is 19.2 Å². The number of carbonyl (C=O) groups excluding carboxylic acids is 1. The van der Waals surface area contributed by atoms with Crippen molar-refractivity contribution in [2.24, 2.45) is 11.0 Å². The number of hydrazone groups is 1. The summed E-state index contributed by atoms with van der Waals surface area (Å²) >= 11 is 0. The number of methoxy groups -OCH3 is 1. The lowest BCUT2D eigenvalue weighted by molar-refractivity contribution is -0.122.